The lowest BCUT2D eigenvalue weighted by molar-refractivity contribution is 0.0645. The third-order valence-corrected chi connectivity index (χ3v) is 8.85. The van der Waals surface area contributed by atoms with Crippen LogP contribution in [0.15, 0.2) is 60.7 Å². The second-order valence-corrected chi connectivity index (χ2v) is 13.2. The van der Waals surface area contributed by atoms with Gasteiger partial charge in [-0.05, 0) is 113 Å². The summed E-state index contributed by atoms with van der Waals surface area (Å²) in [4.78, 5) is 0. The fourth-order valence-electron chi connectivity index (χ4n) is 8.22. The smallest absolute Gasteiger partial charge is 0.123 e. The Labute approximate surface area is 221 Å². The number of phenols is 1. The van der Waals surface area contributed by atoms with Gasteiger partial charge < -0.3 is 9.84 Å². The first-order chi connectivity index (χ1) is 17.4. The van der Waals surface area contributed by atoms with Crippen LogP contribution in [0.25, 0.3) is 33.0 Å². The van der Waals surface area contributed by atoms with Crippen LogP contribution in [0.1, 0.15) is 69.2 Å². The maximum atomic E-state index is 11.6. The Bertz CT molecular complexity index is 1540. The molecule has 1 spiro atoms. The predicted molar refractivity (Wildman–Crippen MR) is 155 cm³/mol. The first kappa shape index (κ1) is 24.1. The van der Waals surface area contributed by atoms with Gasteiger partial charge in [0.2, 0.25) is 0 Å². The van der Waals surface area contributed by atoms with E-state index >= 15 is 0 Å². The Kier molecular flexibility index (Phi) is 5.13. The van der Waals surface area contributed by atoms with Crippen molar-refractivity contribution in [1.29, 1.82) is 0 Å². The number of phenolic OH excluding ortho intramolecular Hbond substituents is 1. The quantitative estimate of drug-likeness (QED) is 0.303. The topological polar surface area (TPSA) is 29.5 Å². The number of benzene rings is 4. The highest BCUT2D eigenvalue weighted by atomic mass is 16.5. The van der Waals surface area contributed by atoms with Crippen LogP contribution >= 0.6 is 0 Å². The van der Waals surface area contributed by atoms with Gasteiger partial charge in [0.1, 0.15) is 11.5 Å². The normalized spacial score (nSPS) is 18.6. The summed E-state index contributed by atoms with van der Waals surface area (Å²) >= 11 is 0. The maximum Gasteiger partial charge on any atom is 0.123 e. The Balaban J connectivity index is 1.65. The molecule has 1 saturated carbocycles. The second kappa shape index (κ2) is 7.87. The molecule has 2 aliphatic rings. The van der Waals surface area contributed by atoms with Crippen molar-refractivity contribution >= 4 is 10.8 Å². The van der Waals surface area contributed by atoms with E-state index in [0.717, 1.165) is 40.5 Å². The predicted octanol–water partition coefficient (Wildman–Crippen LogP) is 9.34. The van der Waals surface area contributed by atoms with Crippen molar-refractivity contribution in [3.8, 4) is 33.8 Å². The zero-order chi connectivity index (χ0) is 26.3. The van der Waals surface area contributed by atoms with E-state index < -0.39 is 0 Å². The van der Waals surface area contributed by atoms with E-state index in [-0.39, 0.29) is 16.2 Å². The van der Waals surface area contributed by atoms with Gasteiger partial charge in [-0.15, -0.1) is 0 Å². The zero-order valence-corrected chi connectivity index (χ0v) is 23.3. The highest BCUT2D eigenvalue weighted by Gasteiger charge is 2.53. The molecule has 1 fully saturated rings. The van der Waals surface area contributed by atoms with E-state index in [9.17, 15) is 5.11 Å². The summed E-state index contributed by atoms with van der Waals surface area (Å²) in [5.41, 5.74) is 10.6. The molecule has 0 saturated heterocycles. The van der Waals surface area contributed by atoms with Crippen LogP contribution in [-0.4, -0.2) is 12.2 Å². The maximum absolute atomic E-state index is 11.6. The number of hydrogen-bond acceptors (Lipinski definition) is 2. The van der Waals surface area contributed by atoms with Gasteiger partial charge in [-0.1, -0.05) is 69.7 Å². The summed E-state index contributed by atoms with van der Waals surface area (Å²) in [5.74, 6) is 1.23. The molecular formula is C35H38O2. The third-order valence-electron chi connectivity index (χ3n) is 8.85. The van der Waals surface area contributed by atoms with Gasteiger partial charge in [0.25, 0.3) is 0 Å². The molecule has 190 valence electrons. The van der Waals surface area contributed by atoms with Crippen molar-refractivity contribution in [1.82, 2.24) is 0 Å². The summed E-state index contributed by atoms with van der Waals surface area (Å²) < 4.78 is 5.36. The Morgan fingerprint density at radius 2 is 1.38 bits per heavy atom. The molecule has 0 aliphatic heterocycles. The molecule has 0 bridgehead atoms. The van der Waals surface area contributed by atoms with Gasteiger partial charge in [-0.2, -0.15) is 0 Å². The number of fused-ring (bicyclic) bond motifs is 7. The van der Waals surface area contributed by atoms with Gasteiger partial charge in [0, 0.05) is 10.8 Å². The summed E-state index contributed by atoms with van der Waals surface area (Å²) in [7, 11) is 1.69. The summed E-state index contributed by atoms with van der Waals surface area (Å²) in [6.45, 7) is 14.1. The average Bonchev–Trinajstić information content (AvgIpc) is 3.05. The number of aromatic hydroxyl groups is 1. The van der Waals surface area contributed by atoms with Crippen LogP contribution in [0.5, 0.6) is 11.5 Å². The SMILES string of the molecule is COc1ccc(-c2cc3c(O)cc4c(c3cc2C)-c2ccc(C)cc2C42CC(C)(C)CC(C)(C)C2)cc1. The van der Waals surface area contributed by atoms with Crippen molar-refractivity contribution in [3.05, 3.63) is 82.9 Å². The molecular weight excluding hydrogens is 452 g/mol. The minimum Gasteiger partial charge on any atom is -0.507 e. The number of methoxy groups -OCH3 is 1. The molecule has 6 rings (SSSR count). The first-order valence-corrected chi connectivity index (χ1v) is 13.5. The highest BCUT2D eigenvalue weighted by Crippen LogP contribution is 2.65. The van der Waals surface area contributed by atoms with Crippen LogP contribution in [0.4, 0.5) is 0 Å². The highest BCUT2D eigenvalue weighted by molar-refractivity contribution is 6.07. The second-order valence-electron chi connectivity index (χ2n) is 13.2. The van der Waals surface area contributed by atoms with Gasteiger partial charge in [-0.25, -0.2) is 0 Å². The summed E-state index contributed by atoms with van der Waals surface area (Å²) in [6, 6.07) is 21.8. The lowest BCUT2D eigenvalue weighted by Crippen LogP contribution is -2.43. The van der Waals surface area contributed by atoms with Gasteiger partial charge >= 0.3 is 0 Å². The molecule has 0 heterocycles. The number of hydrogen-bond donors (Lipinski definition) is 1. The van der Waals surface area contributed by atoms with Gasteiger partial charge in [0.05, 0.1) is 7.11 Å². The molecule has 4 aromatic carbocycles. The summed E-state index contributed by atoms with van der Waals surface area (Å²) in [6.07, 6.45) is 3.41. The minimum absolute atomic E-state index is 0.0871. The molecule has 2 heteroatoms. The fraction of sp³-hybridized carbons (Fsp3) is 0.371. The largest absolute Gasteiger partial charge is 0.507 e. The van der Waals surface area contributed by atoms with Gasteiger partial charge in [-0.3, -0.25) is 0 Å². The molecule has 2 nitrogen and oxygen atoms in total. The Morgan fingerprint density at radius 1 is 0.703 bits per heavy atom. The molecule has 2 aliphatic carbocycles. The van der Waals surface area contributed by atoms with E-state index in [1.807, 2.05) is 12.1 Å². The van der Waals surface area contributed by atoms with E-state index in [2.05, 4.69) is 90.1 Å². The lowest BCUT2D eigenvalue weighted by Gasteiger charge is -2.51. The molecule has 37 heavy (non-hydrogen) atoms. The van der Waals surface area contributed by atoms with Crippen LogP contribution in [-0.2, 0) is 5.41 Å². The van der Waals surface area contributed by atoms with Gasteiger partial charge in [0.15, 0.2) is 0 Å². The fourth-order valence-corrected chi connectivity index (χ4v) is 8.22. The number of aryl methyl sites for hydroxylation is 2. The van der Waals surface area contributed by atoms with Crippen molar-refractivity contribution in [2.75, 3.05) is 7.11 Å². The third kappa shape index (κ3) is 3.68. The molecule has 4 aromatic rings. The van der Waals surface area contributed by atoms with Crippen molar-refractivity contribution < 1.29 is 9.84 Å². The van der Waals surface area contributed by atoms with Crippen molar-refractivity contribution in [3.63, 3.8) is 0 Å². The Morgan fingerprint density at radius 3 is 2.03 bits per heavy atom. The van der Waals surface area contributed by atoms with Crippen LogP contribution in [0.3, 0.4) is 0 Å². The van der Waals surface area contributed by atoms with E-state index in [4.69, 9.17) is 4.74 Å². The standard InChI is InChI=1S/C35H38O2/c1-21-8-13-25-29(14-21)35(19-33(3,4)18-34(5,6)20-35)30-17-31(36)27-16-26(22(2)15-28(27)32(25)30)23-9-11-24(37-7)12-10-23/h8-17,36H,18-20H2,1-7H3. The molecule has 0 aromatic heterocycles. The monoisotopic (exact) mass is 490 g/mol. The van der Waals surface area contributed by atoms with Crippen molar-refractivity contribution in [2.24, 2.45) is 10.8 Å². The minimum atomic E-state index is -0.0871. The van der Waals surface area contributed by atoms with Crippen LogP contribution < -0.4 is 4.74 Å². The number of rotatable bonds is 2. The molecule has 0 unspecified atom stereocenters. The first-order valence-electron chi connectivity index (χ1n) is 13.5. The molecule has 0 radical (unpaired) electrons. The molecule has 0 atom stereocenters. The van der Waals surface area contributed by atoms with E-state index in [1.54, 1.807) is 7.11 Å². The molecule has 0 amide bonds. The lowest BCUT2D eigenvalue weighted by atomic mass is 9.52. The number of ether oxygens (including phenoxy) is 1. The summed E-state index contributed by atoms with van der Waals surface area (Å²) in [5, 5.41) is 13.7. The van der Waals surface area contributed by atoms with E-state index in [0.29, 0.717) is 5.75 Å². The van der Waals surface area contributed by atoms with Crippen molar-refractivity contribution in [2.45, 2.75) is 66.2 Å². The van der Waals surface area contributed by atoms with Crippen LogP contribution in [0, 0.1) is 24.7 Å². The van der Waals surface area contributed by atoms with E-state index in [1.165, 1.54) is 39.8 Å². The zero-order valence-electron chi connectivity index (χ0n) is 23.3. The average molecular weight is 491 g/mol. The van der Waals surface area contributed by atoms with Crippen LogP contribution in [0.2, 0.25) is 0 Å². The molecule has 1 N–H and O–H groups in total. The Hall–Kier alpha value is -3.26.